The molecule has 0 bridgehead atoms. The van der Waals surface area contributed by atoms with E-state index in [-0.39, 0.29) is 28.5 Å². The Bertz CT molecular complexity index is 1340. The van der Waals surface area contributed by atoms with Gasteiger partial charge in [-0.3, -0.25) is 14.5 Å². The van der Waals surface area contributed by atoms with Gasteiger partial charge in [0, 0.05) is 43.9 Å². The van der Waals surface area contributed by atoms with Crippen molar-refractivity contribution in [2.45, 2.75) is 19.4 Å². The summed E-state index contributed by atoms with van der Waals surface area (Å²) in [7, 11) is 0. The molecule has 1 N–H and O–H groups in total. The van der Waals surface area contributed by atoms with Crippen molar-refractivity contribution in [3.8, 4) is 5.75 Å². The Balaban J connectivity index is 1.21. The van der Waals surface area contributed by atoms with Crippen molar-refractivity contribution in [2.24, 2.45) is 5.92 Å². The predicted octanol–water partition coefficient (Wildman–Crippen LogP) is 5.71. The van der Waals surface area contributed by atoms with Gasteiger partial charge in [-0.15, -0.1) is 0 Å². The van der Waals surface area contributed by atoms with E-state index in [0.29, 0.717) is 18.7 Å². The molecule has 8 heteroatoms. The van der Waals surface area contributed by atoms with Crippen LogP contribution < -0.4 is 10.1 Å². The summed E-state index contributed by atoms with van der Waals surface area (Å²) in [4.78, 5) is 29.9. The molecule has 1 fully saturated rings. The molecule has 6 nitrogen and oxygen atoms in total. The number of carbonyl (C=O) groups excluding carboxylic acids is 2. The average Bonchev–Trinajstić information content (AvgIpc) is 3.51. The zero-order valence-electron chi connectivity index (χ0n) is 21.8. The Hall–Kier alpha value is -3.68. The minimum Gasteiger partial charge on any atom is -0.494 e. The van der Waals surface area contributed by atoms with Gasteiger partial charge in [0.2, 0.25) is 0 Å². The van der Waals surface area contributed by atoms with Crippen molar-refractivity contribution in [2.75, 3.05) is 32.8 Å². The number of likely N-dealkylation sites (tertiary alicyclic amines) is 1. The summed E-state index contributed by atoms with van der Waals surface area (Å²) in [6.45, 7) is 5.31. The predicted molar refractivity (Wildman–Crippen MR) is 149 cm³/mol. The molecule has 2 amide bonds. The van der Waals surface area contributed by atoms with Gasteiger partial charge in [0.25, 0.3) is 11.8 Å². The van der Waals surface area contributed by atoms with Crippen molar-refractivity contribution in [1.29, 1.82) is 0 Å². The van der Waals surface area contributed by atoms with Gasteiger partial charge in [-0.2, -0.15) is 0 Å². The zero-order chi connectivity index (χ0) is 27.4. The molecule has 3 aromatic carbocycles. The SMILES string of the molecule is CCOc1ccc(C(=O)N[C@@H](CCN2CC3=CN(C(=O)c4c(F)cccc4Cl)CC3C2)c2ccccc2)cc1. The Morgan fingerprint density at radius 1 is 1.05 bits per heavy atom. The minimum absolute atomic E-state index is 0.0816. The van der Waals surface area contributed by atoms with Crippen LogP contribution in [0, 0.1) is 11.7 Å². The third kappa shape index (κ3) is 6.15. The van der Waals surface area contributed by atoms with Crippen LogP contribution in [-0.2, 0) is 0 Å². The summed E-state index contributed by atoms with van der Waals surface area (Å²) in [5.41, 5.74) is 2.71. The molecule has 5 rings (SSSR count). The van der Waals surface area contributed by atoms with Crippen LogP contribution in [0.25, 0.3) is 0 Å². The average molecular weight is 548 g/mol. The summed E-state index contributed by atoms with van der Waals surface area (Å²) < 4.78 is 19.8. The lowest BCUT2D eigenvalue weighted by molar-refractivity contribution is 0.0816. The number of nitrogens with zero attached hydrogens (tertiary/aromatic N) is 2. The van der Waals surface area contributed by atoms with E-state index in [1.165, 1.54) is 18.2 Å². The maximum atomic E-state index is 14.3. The van der Waals surface area contributed by atoms with Crippen molar-refractivity contribution >= 4 is 23.4 Å². The van der Waals surface area contributed by atoms with Crippen LogP contribution in [0.4, 0.5) is 4.39 Å². The highest BCUT2D eigenvalue weighted by molar-refractivity contribution is 6.33. The summed E-state index contributed by atoms with van der Waals surface area (Å²) in [5.74, 6) is -0.210. The van der Waals surface area contributed by atoms with Gasteiger partial charge in [0.05, 0.1) is 23.2 Å². The molecule has 0 aliphatic carbocycles. The van der Waals surface area contributed by atoms with Gasteiger partial charge >= 0.3 is 0 Å². The molecule has 1 saturated heterocycles. The number of ether oxygens (including phenoxy) is 1. The van der Waals surface area contributed by atoms with E-state index in [4.69, 9.17) is 16.3 Å². The van der Waals surface area contributed by atoms with Gasteiger partial charge in [-0.25, -0.2) is 4.39 Å². The Morgan fingerprint density at radius 3 is 2.51 bits per heavy atom. The van der Waals surface area contributed by atoms with Crippen LogP contribution in [0.1, 0.15) is 45.7 Å². The van der Waals surface area contributed by atoms with Gasteiger partial charge in [0.15, 0.2) is 0 Å². The Morgan fingerprint density at radius 2 is 1.82 bits per heavy atom. The van der Waals surface area contributed by atoms with Crippen molar-refractivity contribution in [1.82, 2.24) is 15.1 Å². The molecule has 0 spiro atoms. The van der Waals surface area contributed by atoms with E-state index < -0.39 is 11.7 Å². The van der Waals surface area contributed by atoms with Crippen LogP contribution in [0.15, 0.2) is 84.6 Å². The number of hydrogen-bond acceptors (Lipinski definition) is 4. The number of carbonyl (C=O) groups is 2. The maximum absolute atomic E-state index is 14.3. The van der Waals surface area contributed by atoms with Gasteiger partial charge in [-0.1, -0.05) is 48.0 Å². The number of benzene rings is 3. The minimum atomic E-state index is -0.608. The first-order valence-corrected chi connectivity index (χ1v) is 13.6. The van der Waals surface area contributed by atoms with Crippen molar-refractivity contribution in [3.05, 3.63) is 112 Å². The first kappa shape index (κ1) is 26.9. The lowest BCUT2D eigenvalue weighted by Crippen LogP contribution is -2.33. The van der Waals surface area contributed by atoms with Gasteiger partial charge in [0.1, 0.15) is 11.6 Å². The number of rotatable bonds is 9. The second kappa shape index (κ2) is 12.0. The standard InChI is InChI=1S/C31H31ClFN3O3/c1-2-39-25-13-11-22(12-14-25)30(37)34-28(21-7-4-3-5-8-21)15-16-35-17-23-19-36(20-24(23)18-35)31(38)29-26(32)9-6-10-27(29)33/h3-14,19,24,28H,2,15-18,20H2,1H3,(H,34,37)/t24?,28-/m0/s1. The first-order valence-electron chi connectivity index (χ1n) is 13.2. The number of fused-ring (bicyclic) bond motifs is 1. The highest BCUT2D eigenvalue weighted by Crippen LogP contribution is 2.32. The molecule has 2 atom stereocenters. The second-order valence-corrected chi connectivity index (χ2v) is 10.3. The highest BCUT2D eigenvalue weighted by atomic mass is 35.5. The first-order chi connectivity index (χ1) is 18.9. The molecular formula is C31H31ClFN3O3. The number of hydrogen-bond donors (Lipinski definition) is 1. The molecule has 39 heavy (non-hydrogen) atoms. The van der Waals surface area contributed by atoms with Crippen LogP contribution in [0.2, 0.25) is 5.02 Å². The Labute approximate surface area is 233 Å². The van der Waals surface area contributed by atoms with Crippen molar-refractivity contribution in [3.63, 3.8) is 0 Å². The molecule has 3 aromatic rings. The van der Waals surface area contributed by atoms with E-state index in [2.05, 4.69) is 10.2 Å². The number of halogens is 2. The molecule has 1 unspecified atom stereocenters. The lowest BCUT2D eigenvalue weighted by atomic mass is 10.0. The van der Waals surface area contributed by atoms with Crippen LogP contribution in [0.5, 0.6) is 5.75 Å². The molecule has 0 aromatic heterocycles. The summed E-state index contributed by atoms with van der Waals surface area (Å²) in [5, 5.41) is 3.33. The lowest BCUT2D eigenvalue weighted by Gasteiger charge is -2.24. The fourth-order valence-electron chi connectivity index (χ4n) is 5.28. The highest BCUT2D eigenvalue weighted by Gasteiger charge is 2.36. The summed E-state index contributed by atoms with van der Waals surface area (Å²) in [6, 6.07) is 21.3. The molecular weight excluding hydrogens is 517 g/mol. The monoisotopic (exact) mass is 547 g/mol. The van der Waals surface area contributed by atoms with E-state index in [9.17, 15) is 14.0 Å². The van der Waals surface area contributed by atoms with Crippen molar-refractivity contribution < 1.29 is 18.7 Å². The zero-order valence-corrected chi connectivity index (χ0v) is 22.5. The van der Waals surface area contributed by atoms with E-state index >= 15 is 0 Å². The van der Waals surface area contributed by atoms with E-state index in [0.717, 1.165) is 42.9 Å². The second-order valence-electron chi connectivity index (χ2n) is 9.87. The van der Waals surface area contributed by atoms with Gasteiger partial charge in [-0.05, 0) is 60.9 Å². The fraction of sp³-hybridized carbons (Fsp3) is 0.290. The fourth-order valence-corrected chi connectivity index (χ4v) is 5.52. The van der Waals surface area contributed by atoms with Crippen LogP contribution in [0.3, 0.4) is 0 Å². The van der Waals surface area contributed by atoms with Crippen LogP contribution in [-0.4, -0.2) is 54.4 Å². The number of nitrogens with one attached hydrogen (secondary N) is 1. The molecule has 2 heterocycles. The molecule has 202 valence electrons. The molecule has 0 radical (unpaired) electrons. The summed E-state index contributed by atoms with van der Waals surface area (Å²) >= 11 is 6.11. The van der Waals surface area contributed by atoms with E-state index in [1.54, 1.807) is 29.2 Å². The van der Waals surface area contributed by atoms with E-state index in [1.807, 2.05) is 43.5 Å². The maximum Gasteiger partial charge on any atom is 0.262 e. The quantitative estimate of drug-likeness (QED) is 0.373. The third-order valence-corrected chi connectivity index (χ3v) is 7.57. The Kier molecular flexibility index (Phi) is 8.29. The van der Waals surface area contributed by atoms with Crippen LogP contribution >= 0.6 is 11.6 Å². The largest absolute Gasteiger partial charge is 0.494 e. The molecule has 2 aliphatic heterocycles. The smallest absolute Gasteiger partial charge is 0.262 e. The van der Waals surface area contributed by atoms with Gasteiger partial charge < -0.3 is 15.0 Å². The number of amides is 2. The summed E-state index contributed by atoms with van der Waals surface area (Å²) in [6.07, 6.45) is 2.58. The third-order valence-electron chi connectivity index (χ3n) is 7.25. The topological polar surface area (TPSA) is 61.9 Å². The molecule has 2 aliphatic rings. The normalized spacial score (nSPS) is 17.5. The molecule has 0 saturated carbocycles.